The van der Waals surface area contributed by atoms with Crippen LogP contribution in [0, 0.1) is 0 Å². The van der Waals surface area contributed by atoms with E-state index >= 15 is 0 Å². The van der Waals surface area contributed by atoms with E-state index in [1.165, 1.54) is 11.8 Å². The van der Waals surface area contributed by atoms with Gasteiger partial charge >= 0.3 is 0 Å². The van der Waals surface area contributed by atoms with E-state index in [9.17, 15) is 4.79 Å². The number of hydrogen-bond acceptors (Lipinski definition) is 4. The van der Waals surface area contributed by atoms with Gasteiger partial charge in [0, 0.05) is 10.6 Å². The number of rotatable bonds is 3. The van der Waals surface area contributed by atoms with E-state index in [1.807, 2.05) is 5.43 Å². The van der Waals surface area contributed by atoms with Crippen molar-refractivity contribution in [2.45, 2.75) is 4.90 Å². The smallest absolute Gasteiger partial charge is 0.244 e. The van der Waals surface area contributed by atoms with Crippen molar-refractivity contribution in [1.29, 1.82) is 0 Å². The number of hydrogen-bond donors (Lipinski definition) is 3. The zero-order valence-electron chi connectivity index (χ0n) is 7.29. The minimum absolute atomic E-state index is 0.222. The summed E-state index contributed by atoms with van der Waals surface area (Å²) in [6, 6.07) is 5.12. The second-order valence-corrected chi connectivity index (χ2v) is 3.97. The van der Waals surface area contributed by atoms with Crippen molar-refractivity contribution in [2.24, 2.45) is 5.84 Å². The molecule has 5 N–H and O–H groups in total. The molecular formula is C8H10ClN3OS. The molecule has 0 saturated carbocycles. The van der Waals surface area contributed by atoms with E-state index < -0.39 is 0 Å². The van der Waals surface area contributed by atoms with E-state index in [0.717, 1.165) is 4.90 Å². The SMILES string of the molecule is NNC(=O)CSc1cc(N)ccc1Cl. The Hall–Kier alpha value is -0.910. The fourth-order valence-electron chi connectivity index (χ4n) is 0.816. The summed E-state index contributed by atoms with van der Waals surface area (Å²) < 4.78 is 0. The van der Waals surface area contributed by atoms with Crippen LogP contribution in [0.25, 0.3) is 0 Å². The summed E-state index contributed by atoms with van der Waals surface area (Å²) in [5.41, 5.74) is 8.22. The maximum atomic E-state index is 10.9. The molecule has 0 aliphatic carbocycles. The van der Waals surface area contributed by atoms with E-state index in [4.69, 9.17) is 23.2 Å². The van der Waals surface area contributed by atoms with E-state index in [-0.39, 0.29) is 11.7 Å². The predicted octanol–water partition coefficient (Wildman–Crippen LogP) is 1.00. The van der Waals surface area contributed by atoms with Crippen molar-refractivity contribution >= 4 is 35.0 Å². The third kappa shape index (κ3) is 3.10. The Morgan fingerprint density at radius 3 is 2.93 bits per heavy atom. The number of nitrogen functional groups attached to an aromatic ring is 1. The van der Waals surface area contributed by atoms with Gasteiger partial charge in [0.15, 0.2) is 0 Å². The monoisotopic (exact) mass is 231 g/mol. The van der Waals surface area contributed by atoms with Crippen molar-refractivity contribution in [1.82, 2.24) is 5.43 Å². The average Bonchev–Trinajstić information content (AvgIpc) is 2.19. The van der Waals surface area contributed by atoms with Crippen molar-refractivity contribution in [3.63, 3.8) is 0 Å². The van der Waals surface area contributed by atoms with Crippen molar-refractivity contribution in [2.75, 3.05) is 11.5 Å². The summed E-state index contributed by atoms with van der Waals surface area (Å²) in [6.45, 7) is 0. The van der Waals surface area contributed by atoms with Gasteiger partial charge in [0.25, 0.3) is 0 Å². The van der Waals surface area contributed by atoms with Crippen LogP contribution in [-0.4, -0.2) is 11.7 Å². The molecule has 0 heterocycles. The van der Waals surface area contributed by atoms with E-state index in [0.29, 0.717) is 10.7 Å². The zero-order chi connectivity index (χ0) is 10.6. The normalized spacial score (nSPS) is 9.86. The predicted molar refractivity (Wildman–Crippen MR) is 58.9 cm³/mol. The standard InChI is InChI=1S/C8H10ClN3OS/c9-6-2-1-5(10)3-7(6)14-4-8(13)12-11/h1-3H,4,10-11H2,(H,12,13). The molecule has 4 nitrogen and oxygen atoms in total. The van der Waals surface area contributed by atoms with Crippen LogP contribution in [0.3, 0.4) is 0 Å². The fraction of sp³-hybridized carbons (Fsp3) is 0.125. The number of hydrazine groups is 1. The quantitative estimate of drug-likeness (QED) is 0.238. The Morgan fingerprint density at radius 1 is 1.57 bits per heavy atom. The summed E-state index contributed by atoms with van der Waals surface area (Å²) in [7, 11) is 0. The number of nitrogens with two attached hydrogens (primary N) is 2. The third-order valence-electron chi connectivity index (χ3n) is 1.48. The Bertz CT molecular complexity index is 345. The molecule has 76 valence electrons. The number of anilines is 1. The van der Waals surface area contributed by atoms with Gasteiger partial charge in [-0.05, 0) is 18.2 Å². The molecule has 1 aromatic rings. The molecule has 0 spiro atoms. The van der Waals surface area contributed by atoms with Crippen molar-refractivity contribution in [3.05, 3.63) is 23.2 Å². The van der Waals surface area contributed by atoms with Crippen molar-refractivity contribution in [3.8, 4) is 0 Å². The minimum atomic E-state index is -0.256. The molecule has 1 rings (SSSR count). The zero-order valence-corrected chi connectivity index (χ0v) is 8.86. The summed E-state index contributed by atoms with van der Waals surface area (Å²) in [6.07, 6.45) is 0. The molecule has 0 fully saturated rings. The Morgan fingerprint density at radius 2 is 2.29 bits per heavy atom. The maximum absolute atomic E-state index is 10.9. The minimum Gasteiger partial charge on any atom is -0.399 e. The maximum Gasteiger partial charge on any atom is 0.244 e. The lowest BCUT2D eigenvalue weighted by Gasteiger charge is -2.04. The summed E-state index contributed by atoms with van der Waals surface area (Å²) >= 11 is 7.17. The van der Waals surface area contributed by atoms with Crippen LogP contribution in [-0.2, 0) is 4.79 Å². The Kier molecular flexibility index (Phi) is 4.06. The second kappa shape index (κ2) is 5.09. The summed E-state index contributed by atoms with van der Waals surface area (Å²) in [5.74, 6) is 4.90. The highest BCUT2D eigenvalue weighted by Gasteiger charge is 2.04. The number of nitrogens with one attached hydrogen (secondary N) is 1. The molecule has 0 atom stereocenters. The Balaban J connectivity index is 2.66. The highest BCUT2D eigenvalue weighted by molar-refractivity contribution is 8.00. The molecule has 0 aromatic heterocycles. The van der Waals surface area contributed by atoms with E-state index in [1.54, 1.807) is 18.2 Å². The first-order chi connectivity index (χ1) is 6.63. The first-order valence-electron chi connectivity index (χ1n) is 3.80. The lowest BCUT2D eigenvalue weighted by Crippen LogP contribution is -2.31. The molecule has 0 aliphatic rings. The molecule has 1 amide bonds. The van der Waals surface area contributed by atoms with Crippen LogP contribution >= 0.6 is 23.4 Å². The Labute approximate surface area is 90.9 Å². The van der Waals surface area contributed by atoms with Gasteiger partial charge in [0.1, 0.15) is 0 Å². The van der Waals surface area contributed by atoms with Crippen LogP contribution in [0.1, 0.15) is 0 Å². The fourth-order valence-corrected chi connectivity index (χ4v) is 1.89. The number of carbonyl (C=O) groups is 1. The number of halogens is 1. The van der Waals surface area contributed by atoms with Gasteiger partial charge in [0.05, 0.1) is 10.8 Å². The lowest BCUT2D eigenvalue weighted by atomic mass is 10.3. The largest absolute Gasteiger partial charge is 0.399 e. The van der Waals surface area contributed by atoms with Crippen LogP contribution in [0.4, 0.5) is 5.69 Å². The molecule has 14 heavy (non-hydrogen) atoms. The molecule has 0 aliphatic heterocycles. The molecule has 0 radical (unpaired) electrons. The van der Waals surface area contributed by atoms with Crippen LogP contribution in [0.5, 0.6) is 0 Å². The van der Waals surface area contributed by atoms with Crippen LogP contribution in [0.2, 0.25) is 5.02 Å². The number of benzene rings is 1. The summed E-state index contributed by atoms with van der Waals surface area (Å²) in [5, 5.41) is 0.578. The number of amides is 1. The number of thioether (sulfide) groups is 1. The summed E-state index contributed by atoms with van der Waals surface area (Å²) in [4.78, 5) is 11.6. The highest BCUT2D eigenvalue weighted by atomic mass is 35.5. The second-order valence-electron chi connectivity index (χ2n) is 2.55. The first-order valence-corrected chi connectivity index (χ1v) is 5.17. The third-order valence-corrected chi connectivity index (χ3v) is 2.97. The number of carbonyl (C=O) groups excluding carboxylic acids is 1. The van der Waals surface area contributed by atoms with Gasteiger partial charge in [-0.2, -0.15) is 0 Å². The molecule has 0 unspecified atom stereocenters. The molecule has 0 bridgehead atoms. The van der Waals surface area contributed by atoms with Gasteiger partial charge in [0.2, 0.25) is 5.91 Å². The lowest BCUT2D eigenvalue weighted by molar-refractivity contribution is -0.118. The van der Waals surface area contributed by atoms with Crippen LogP contribution < -0.4 is 17.0 Å². The van der Waals surface area contributed by atoms with Gasteiger partial charge in [-0.25, -0.2) is 5.84 Å². The first kappa shape index (κ1) is 11.2. The topological polar surface area (TPSA) is 81.1 Å². The highest BCUT2D eigenvalue weighted by Crippen LogP contribution is 2.28. The molecular weight excluding hydrogens is 222 g/mol. The van der Waals surface area contributed by atoms with E-state index in [2.05, 4.69) is 0 Å². The van der Waals surface area contributed by atoms with Gasteiger partial charge in [-0.3, -0.25) is 10.2 Å². The molecule has 6 heteroatoms. The van der Waals surface area contributed by atoms with Gasteiger partial charge < -0.3 is 5.73 Å². The van der Waals surface area contributed by atoms with Crippen molar-refractivity contribution < 1.29 is 4.79 Å². The van der Waals surface area contributed by atoms with Crippen LogP contribution in [0.15, 0.2) is 23.1 Å². The average molecular weight is 232 g/mol. The molecule has 0 saturated heterocycles. The van der Waals surface area contributed by atoms with Gasteiger partial charge in [-0.15, -0.1) is 11.8 Å². The molecule has 1 aromatic carbocycles. The van der Waals surface area contributed by atoms with Gasteiger partial charge in [-0.1, -0.05) is 11.6 Å².